The molecule has 3 rings (SSSR count). The summed E-state index contributed by atoms with van der Waals surface area (Å²) in [6.45, 7) is 3.10. The van der Waals surface area contributed by atoms with E-state index in [-0.39, 0.29) is 5.91 Å². The molecule has 0 atom stereocenters. The van der Waals surface area contributed by atoms with Crippen LogP contribution in [0.3, 0.4) is 0 Å². The van der Waals surface area contributed by atoms with Gasteiger partial charge < -0.3 is 15.0 Å². The molecule has 5 heteroatoms. The first-order chi connectivity index (χ1) is 8.84. The topological polar surface area (TPSA) is 54.5 Å². The third-order valence-corrected chi connectivity index (χ3v) is 3.40. The molecular weight excluding hydrogens is 230 g/mol. The molecule has 96 valence electrons. The lowest BCUT2D eigenvalue weighted by atomic mass is 10.1. The number of piperidine rings is 1. The van der Waals surface area contributed by atoms with Crippen LogP contribution >= 0.6 is 0 Å². The third kappa shape index (κ3) is 2.12. The monoisotopic (exact) mass is 247 g/mol. The van der Waals surface area contributed by atoms with Gasteiger partial charge >= 0.3 is 0 Å². The van der Waals surface area contributed by atoms with Crippen LogP contribution in [0.5, 0.6) is 5.75 Å². The minimum absolute atomic E-state index is 0.0687. The Morgan fingerprint density at radius 1 is 1.33 bits per heavy atom. The fourth-order valence-electron chi connectivity index (χ4n) is 2.41. The number of amides is 1. The highest BCUT2D eigenvalue weighted by Gasteiger charge is 2.20. The van der Waals surface area contributed by atoms with E-state index in [0.717, 1.165) is 38.3 Å². The second-order valence-corrected chi connectivity index (χ2v) is 4.70. The van der Waals surface area contributed by atoms with Gasteiger partial charge in [-0.05, 0) is 25.3 Å². The Balaban J connectivity index is 1.80. The van der Waals surface area contributed by atoms with E-state index in [1.54, 1.807) is 12.3 Å². The zero-order valence-corrected chi connectivity index (χ0v) is 10.3. The Morgan fingerprint density at radius 3 is 3.00 bits per heavy atom. The molecular formula is C13H17N3O2. The van der Waals surface area contributed by atoms with Gasteiger partial charge in [-0.2, -0.15) is 0 Å². The van der Waals surface area contributed by atoms with Crippen LogP contribution in [0, 0.1) is 0 Å². The van der Waals surface area contributed by atoms with Crippen molar-refractivity contribution in [2.45, 2.75) is 19.3 Å². The number of nitrogens with one attached hydrogen (secondary N) is 1. The van der Waals surface area contributed by atoms with Crippen molar-refractivity contribution in [3.8, 4) is 5.75 Å². The average molecular weight is 247 g/mol. The van der Waals surface area contributed by atoms with Gasteiger partial charge in [0.05, 0.1) is 12.1 Å². The molecule has 1 aromatic heterocycles. The van der Waals surface area contributed by atoms with E-state index in [4.69, 9.17) is 4.74 Å². The highest BCUT2D eigenvalue weighted by Crippen LogP contribution is 2.26. The van der Waals surface area contributed by atoms with Gasteiger partial charge in [-0.3, -0.25) is 4.79 Å². The maximum absolute atomic E-state index is 12.3. The molecule has 2 aliphatic heterocycles. The zero-order valence-electron chi connectivity index (χ0n) is 10.3. The number of fused-ring (bicyclic) bond motifs is 1. The number of likely N-dealkylation sites (tertiary alicyclic amines) is 1. The summed E-state index contributed by atoms with van der Waals surface area (Å²) in [7, 11) is 0. The van der Waals surface area contributed by atoms with E-state index < -0.39 is 0 Å². The van der Waals surface area contributed by atoms with Gasteiger partial charge in [0.1, 0.15) is 6.61 Å². The third-order valence-electron chi connectivity index (χ3n) is 3.40. The molecule has 0 saturated carbocycles. The second kappa shape index (κ2) is 4.84. The lowest BCUT2D eigenvalue weighted by molar-refractivity contribution is 0.0723. The van der Waals surface area contributed by atoms with Crippen molar-refractivity contribution < 1.29 is 9.53 Å². The van der Waals surface area contributed by atoms with Crippen LogP contribution in [0.1, 0.15) is 29.6 Å². The van der Waals surface area contributed by atoms with Gasteiger partial charge in [0.2, 0.25) is 0 Å². The number of rotatable bonds is 1. The lowest BCUT2D eigenvalue weighted by Crippen LogP contribution is -2.35. The van der Waals surface area contributed by atoms with Crippen molar-refractivity contribution in [1.82, 2.24) is 9.88 Å². The number of ether oxygens (including phenoxy) is 1. The molecule has 0 aromatic carbocycles. The van der Waals surface area contributed by atoms with E-state index >= 15 is 0 Å². The first kappa shape index (κ1) is 11.3. The van der Waals surface area contributed by atoms with Crippen molar-refractivity contribution in [3.63, 3.8) is 0 Å². The smallest absolute Gasteiger partial charge is 0.255 e. The zero-order chi connectivity index (χ0) is 12.4. The van der Waals surface area contributed by atoms with Gasteiger partial charge in [0.15, 0.2) is 11.6 Å². The number of hydrogen-bond acceptors (Lipinski definition) is 4. The fourth-order valence-corrected chi connectivity index (χ4v) is 2.41. The minimum Gasteiger partial charge on any atom is -0.488 e. The number of nitrogens with zero attached hydrogens (tertiary/aromatic N) is 2. The highest BCUT2D eigenvalue weighted by molar-refractivity contribution is 5.94. The van der Waals surface area contributed by atoms with Crippen molar-refractivity contribution in [3.05, 3.63) is 17.8 Å². The van der Waals surface area contributed by atoms with Crippen LogP contribution in [-0.2, 0) is 0 Å². The molecule has 2 aliphatic rings. The van der Waals surface area contributed by atoms with Gasteiger partial charge in [-0.1, -0.05) is 0 Å². The van der Waals surface area contributed by atoms with Gasteiger partial charge in [-0.25, -0.2) is 4.98 Å². The Kier molecular flexibility index (Phi) is 3.04. The molecule has 0 aliphatic carbocycles. The number of carbonyl (C=O) groups is 1. The van der Waals surface area contributed by atoms with E-state index in [9.17, 15) is 4.79 Å². The van der Waals surface area contributed by atoms with Crippen LogP contribution in [0.2, 0.25) is 0 Å². The molecule has 0 radical (unpaired) electrons. The summed E-state index contributed by atoms with van der Waals surface area (Å²) < 4.78 is 5.51. The van der Waals surface area contributed by atoms with E-state index in [0.29, 0.717) is 17.9 Å². The number of hydrogen-bond donors (Lipinski definition) is 1. The van der Waals surface area contributed by atoms with Gasteiger partial charge in [-0.15, -0.1) is 0 Å². The predicted molar refractivity (Wildman–Crippen MR) is 68.0 cm³/mol. The highest BCUT2D eigenvalue weighted by atomic mass is 16.5. The molecule has 1 fully saturated rings. The van der Waals surface area contributed by atoms with Crippen LogP contribution in [0.15, 0.2) is 12.3 Å². The summed E-state index contributed by atoms with van der Waals surface area (Å²) in [6, 6.07) is 1.80. The first-order valence-electron chi connectivity index (χ1n) is 6.50. The van der Waals surface area contributed by atoms with Crippen LogP contribution in [-0.4, -0.2) is 42.0 Å². The van der Waals surface area contributed by atoms with Crippen molar-refractivity contribution in [1.29, 1.82) is 0 Å². The van der Waals surface area contributed by atoms with Gasteiger partial charge in [0.25, 0.3) is 5.91 Å². The Bertz CT molecular complexity index is 456. The standard InChI is InChI=1S/C13H17N3O2/c17-13(16-5-2-1-3-6-16)10-8-11-12(15-9-10)14-4-7-18-11/h8-9H,1-7H2,(H,14,15). The predicted octanol–water partition coefficient (Wildman–Crippen LogP) is 1.51. The van der Waals surface area contributed by atoms with Crippen molar-refractivity contribution in [2.24, 2.45) is 0 Å². The quantitative estimate of drug-likeness (QED) is 0.817. The Labute approximate surface area is 106 Å². The minimum atomic E-state index is 0.0687. The van der Waals surface area contributed by atoms with Gasteiger partial charge in [0, 0.05) is 19.3 Å². The number of anilines is 1. The van der Waals surface area contributed by atoms with Crippen molar-refractivity contribution in [2.75, 3.05) is 31.6 Å². The normalized spacial score (nSPS) is 18.6. The summed E-state index contributed by atoms with van der Waals surface area (Å²) in [5.41, 5.74) is 0.624. The molecule has 1 saturated heterocycles. The maximum atomic E-state index is 12.3. The number of carbonyl (C=O) groups excluding carboxylic acids is 1. The molecule has 0 unspecified atom stereocenters. The summed E-state index contributed by atoms with van der Waals surface area (Å²) in [5, 5.41) is 3.15. The first-order valence-corrected chi connectivity index (χ1v) is 6.50. The Hall–Kier alpha value is -1.78. The SMILES string of the molecule is O=C(c1cnc2c(c1)OCCN2)N1CCCCC1. The summed E-state index contributed by atoms with van der Waals surface area (Å²) in [4.78, 5) is 18.5. The summed E-state index contributed by atoms with van der Waals surface area (Å²) >= 11 is 0. The molecule has 1 aromatic rings. The molecule has 1 N–H and O–H groups in total. The van der Waals surface area contributed by atoms with E-state index in [1.165, 1.54) is 6.42 Å². The van der Waals surface area contributed by atoms with E-state index in [1.807, 2.05) is 4.90 Å². The maximum Gasteiger partial charge on any atom is 0.255 e. The summed E-state index contributed by atoms with van der Waals surface area (Å²) in [6.07, 6.45) is 5.06. The number of aromatic nitrogens is 1. The molecule has 0 bridgehead atoms. The largest absolute Gasteiger partial charge is 0.488 e. The average Bonchev–Trinajstić information content (AvgIpc) is 2.47. The molecule has 18 heavy (non-hydrogen) atoms. The van der Waals surface area contributed by atoms with Crippen LogP contribution < -0.4 is 10.1 Å². The number of pyridine rings is 1. The molecule has 0 spiro atoms. The Morgan fingerprint density at radius 2 is 2.17 bits per heavy atom. The molecule has 5 nitrogen and oxygen atoms in total. The van der Waals surface area contributed by atoms with E-state index in [2.05, 4.69) is 10.3 Å². The van der Waals surface area contributed by atoms with Crippen LogP contribution in [0.4, 0.5) is 5.82 Å². The second-order valence-electron chi connectivity index (χ2n) is 4.70. The van der Waals surface area contributed by atoms with Crippen LogP contribution in [0.25, 0.3) is 0 Å². The lowest BCUT2D eigenvalue weighted by Gasteiger charge is -2.27. The van der Waals surface area contributed by atoms with Crippen molar-refractivity contribution >= 4 is 11.7 Å². The fraction of sp³-hybridized carbons (Fsp3) is 0.538. The summed E-state index contributed by atoms with van der Waals surface area (Å²) in [5.74, 6) is 1.49. The molecule has 1 amide bonds. The molecule has 3 heterocycles.